The quantitative estimate of drug-likeness (QED) is 0.733. The van der Waals surface area contributed by atoms with Crippen molar-refractivity contribution in [2.24, 2.45) is 7.05 Å². The van der Waals surface area contributed by atoms with Crippen LogP contribution in [0.25, 0.3) is 22.9 Å². The van der Waals surface area contributed by atoms with Gasteiger partial charge in [0.15, 0.2) is 11.5 Å². The number of nitrogens with one attached hydrogen (secondary N) is 1. The van der Waals surface area contributed by atoms with Crippen LogP contribution in [0.5, 0.6) is 0 Å². The summed E-state index contributed by atoms with van der Waals surface area (Å²) < 4.78 is 2.72. The summed E-state index contributed by atoms with van der Waals surface area (Å²) in [6.07, 6.45) is 3.56. The molecule has 0 amide bonds. The van der Waals surface area contributed by atoms with Crippen LogP contribution < -0.4 is 11.2 Å². The van der Waals surface area contributed by atoms with Crippen LogP contribution in [0, 0.1) is 0 Å². The van der Waals surface area contributed by atoms with E-state index in [2.05, 4.69) is 15.0 Å². The number of aromatic amines is 1. The summed E-state index contributed by atoms with van der Waals surface area (Å²) >= 11 is 0. The van der Waals surface area contributed by atoms with E-state index in [1.807, 2.05) is 19.1 Å². The van der Waals surface area contributed by atoms with Gasteiger partial charge in [0.25, 0.3) is 5.56 Å². The van der Waals surface area contributed by atoms with Crippen LogP contribution >= 0.6 is 0 Å². The first-order valence-corrected chi connectivity index (χ1v) is 6.23. The molecule has 0 aromatic carbocycles. The highest BCUT2D eigenvalue weighted by molar-refractivity contribution is 5.60. The van der Waals surface area contributed by atoms with E-state index in [-0.39, 0.29) is 5.69 Å². The summed E-state index contributed by atoms with van der Waals surface area (Å²) in [5.41, 5.74) is 0.639. The summed E-state index contributed by atoms with van der Waals surface area (Å²) in [4.78, 5) is 35.1. The first-order chi connectivity index (χ1) is 9.61. The van der Waals surface area contributed by atoms with Crippen molar-refractivity contribution in [3.8, 4) is 22.9 Å². The molecule has 7 nitrogen and oxygen atoms in total. The van der Waals surface area contributed by atoms with Crippen molar-refractivity contribution in [1.29, 1.82) is 0 Å². The molecule has 2 aliphatic heterocycles. The molecule has 1 aromatic rings. The molecule has 1 aromatic heterocycles. The van der Waals surface area contributed by atoms with Crippen LogP contribution in [0.1, 0.15) is 6.92 Å². The topological polar surface area (TPSA) is 85.6 Å². The van der Waals surface area contributed by atoms with E-state index in [1.54, 1.807) is 17.0 Å². The molecule has 0 atom stereocenters. The van der Waals surface area contributed by atoms with Crippen LogP contribution in [0.15, 0.2) is 34.1 Å². The fourth-order valence-corrected chi connectivity index (χ4v) is 2.08. The first kappa shape index (κ1) is 12.3. The molecule has 0 saturated heterocycles. The van der Waals surface area contributed by atoms with Gasteiger partial charge in [0.2, 0.25) is 0 Å². The molecule has 0 radical (unpaired) electrons. The molecular formula is C13H13N5O2. The third-order valence-electron chi connectivity index (χ3n) is 3.20. The number of hydrogen-bond acceptors (Lipinski definition) is 4. The van der Waals surface area contributed by atoms with Crippen LogP contribution in [0.4, 0.5) is 0 Å². The Morgan fingerprint density at radius 3 is 2.75 bits per heavy atom. The fraction of sp³-hybridized carbons (Fsp3) is 0.231. The SMILES string of the molecule is CCn1cc(-c2ccc[nH]2)nc2c(=O)n(C)c(=O)nc1-2. The molecule has 0 fully saturated rings. The molecular weight excluding hydrogens is 258 g/mol. The Hall–Kier alpha value is -2.70. The lowest BCUT2D eigenvalue weighted by Gasteiger charge is -2.13. The molecule has 0 spiro atoms. The van der Waals surface area contributed by atoms with Crippen LogP contribution in [0.2, 0.25) is 0 Å². The van der Waals surface area contributed by atoms with Gasteiger partial charge in [-0.25, -0.2) is 9.78 Å². The van der Waals surface area contributed by atoms with E-state index in [0.717, 1.165) is 10.3 Å². The molecule has 3 rings (SSSR count). The Morgan fingerprint density at radius 1 is 1.30 bits per heavy atom. The minimum absolute atomic E-state index is 0.195. The largest absolute Gasteiger partial charge is 0.360 e. The molecule has 7 heteroatoms. The number of fused-ring (bicyclic) bond motifs is 1. The molecule has 0 saturated carbocycles. The zero-order chi connectivity index (χ0) is 14.3. The maximum atomic E-state index is 12.2. The molecule has 0 bridgehead atoms. The van der Waals surface area contributed by atoms with Gasteiger partial charge in [-0.05, 0) is 19.1 Å². The Balaban J connectivity index is 2.41. The van der Waals surface area contributed by atoms with Crippen LogP contribution in [0.3, 0.4) is 0 Å². The Bertz CT molecular complexity index is 844. The average molecular weight is 271 g/mol. The highest BCUT2D eigenvalue weighted by Crippen LogP contribution is 2.19. The van der Waals surface area contributed by atoms with E-state index in [9.17, 15) is 9.59 Å². The monoisotopic (exact) mass is 271 g/mol. The van der Waals surface area contributed by atoms with Gasteiger partial charge in [-0.15, -0.1) is 0 Å². The highest BCUT2D eigenvalue weighted by Gasteiger charge is 2.19. The second-order valence-corrected chi connectivity index (χ2v) is 4.43. The molecule has 2 aliphatic rings. The average Bonchev–Trinajstić information content (AvgIpc) is 2.98. The van der Waals surface area contributed by atoms with Crippen molar-refractivity contribution in [3.05, 3.63) is 45.4 Å². The van der Waals surface area contributed by atoms with E-state index in [4.69, 9.17) is 0 Å². The van der Waals surface area contributed by atoms with Gasteiger partial charge in [-0.3, -0.25) is 9.36 Å². The number of hydrogen-bond donors (Lipinski definition) is 1. The Morgan fingerprint density at radius 2 is 2.10 bits per heavy atom. The predicted molar refractivity (Wildman–Crippen MR) is 73.6 cm³/mol. The number of nitrogens with zero attached hydrogens (tertiary/aromatic N) is 4. The van der Waals surface area contributed by atoms with Crippen molar-refractivity contribution >= 4 is 0 Å². The lowest BCUT2D eigenvalue weighted by Crippen LogP contribution is -2.36. The third-order valence-corrected chi connectivity index (χ3v) is 3.20. The second kappa shape index (κ2) is 4.44. The zero-order valence-corrected chi connectivity index (χ0v) is 11.1. The standard InChI is InChI=1S/C13H13N5O2/c1-3-18-7-9(8-5-4-6-14-8)15-10-11(18)16-13(20)17(2)12(10)19/h4-7,14H,3H2,1-2H3. The van der Waals surface area contributed by atoms with Gasteiger partial charge in [-0.2, -0.15) is 4.98 Å². The van der Waals surface area contributed by atoms with Gasteiger partial charge in [0.05, 0.1) is 5.69 Å². The smallest absolute Gasteiger partial charge is 0.352 e. The molecule has 0 unspecified atom stereocenters. The normalized spacial score (nSPS) is 11.1. The highest BCUT2D eigenvalue weighted by atomic mass is 16.2. The van der Waals surface area contributed by atoms with Crippen molar-refractivity contribution in [3.63, 3.8) is 0 Å². The molecule has 0 aliphatic carbocycles. The van der Waals surface area contributed by atoms with E-state index >= 15 is 0 Å². The van der Waals surface area contributed by atoms with Crippen molar-refractivity contribution in [2.45, 2.75) is 13.5 Å². The molecule has 102 valence electrons. The molecule has 1 N–H and O–H groups in total. The maximum Gasteiger partial charge on any atom is 0.352 e. The first-order valence-electron chi connectivity index (χ1n) is 6.23. The van der Waals surface area contributed by atoms with Crippen molar-refractivity contribution in [1.82, 2.24) is 24.1 Å². The Kier molecular flexibility index (Phi) is 2.74. The summed E-state index contributed by atoms with van der Waals surface area (Å²) in [5.74, 6) is 0.316. The fourth-order valence-electron chi connectivity index (χ4n) is 2.08. The van der Waals surface area contributed by atoms with Crippen LogP contribution in [-0.2, 0) is 13.6 Å². The third kappa shape index (κ3) is 1.75. The van der Waals surface area contributed by atoms with Gasteiger partial charge >= 0.3 is 5.69 Å². The number of H-pyrrole nitrogens is 1. The molecule has 20 heavy (non-hydrogen) atoms. The van der Waals surface area contributed by atoms with Crippen molar-refractivity contribution in [2.75, 3.05) is 0 Å². The predicted octanol–water partition coefficient (Wildman–Crippen LogP) is 0.457. The summed E-state index contributed by atoms with van der Waals surface area (Å²) in [5, 5.41) is 0. The minimum atomic E-state index is -0.570. The van der Waals surface area contributed by atoms with Gasteiger partial charge < -0.3 is 9.55 Å². The van der Waals surface area contributed by atoms with Crippen LogP contribution in [-0.4, -0.2) is 24.1 Å². The molecule has 3 heterocycles. The maximum absolute atomic E-state index is 12.2. The van der Waals surface area contributed by atoms with E-state index < -0.39 is 11.2 Å². The van der Waals surface area contributed by atoms with Crippen molar-refractivity contribution < 1.29 is 0 Å². The second-order valence-electron chi connectivity index (χ2n) is 4.43. The van der Waals surface area contributed by atoms with Gasteiger partial charge in [-0.1, -0.05) is 0 Å². The number of aryl methyl sites for hydroxylation is 1. The lowest BCUT2D eigenvalue weighted by atomic mass is 10.3. The number of rotatable bonds is 2. The minimum Gasteiger partial charge on any atom is -0.360 e. The Labute approximate surface area is 113 Å². The van der Waals surface area contributed by atoms with E-state index in [0.29, 0.717) is 18.1 Å². The summed E-state index contributed by atoms with van der Waals surface area (Å²) in [7, 11) is 1.40. The van der Waals surface area contributed by atoms with E-state index in [1.165, 1.54) is 7.05 Å². The van der Waals surface area contributed by atoms with Gasteiger partial charge in [0, 0.05) is 26.0 Å². The number of aromatic nitrogens is 5. The lowest BCUT2D eigenvalue weighted by molar-refractivity contribution is 0.697. The summed E-state index contributed by atoms with van der Waals surface area (Å²) in [6.45, 7) is 2.51. The summed E-state index contributed by atoms with van der Waals surface area (Å²) in [6, 6.07) is 3.72. The van der Waals surface area contributed by atoms with Gasteiger partial charge in [0.1, 0.15) is 5.69 Å². The zero-order valence-electron chi connectivity index (χ0n) is 11.1.